The number of hydrogen-bond acceptors (Lipinski definition) is 3. The summed E-state index contributed by atoms with van der Waals surface area (Å²) in [6.07, 6.45) is 2.12. The third-order valence-electron chi connectivity index (χ3n) is 3.11. The Morgan fingerprint density at radius 3 is 2.94 bits per heavy atom. The van der Waals surface area contributed by atoms with E-state index in [1.165, 1.54) is 0 Å². The van der Waals surface area contributed by atoms with Crippen molar-refractivity contribution in [2.45, 2.75) is 25.5 Å². The number of rotatable bonds is 4. The molecule has 0 bridgehead atoms. The van der Waals surface area contributed by atoms with E-state index in [1.807, 2.05) is 24.3 Å². The summed E-state index contributed by atoms with van der Waals surface area (Å²) >= 11 is 0. The first-order valence-electron chi connectivity index (χ1n) is 6.10. The molecular formula is C14H15NO3. The summed E-state index contributed by atoms with van der Waals surface area (Å²) in [5.41, 5.74) is 1.55. The van der Waals surface area contributed by atoms with Crippen LogP contribution in [-0.2, 0) is 11.3 Å². The number of methoxy groups -OCH3 is 1. The molecule has 18 heavy (non-hydrogen) atoms. The van der Waals surface area contributed by atoms with Crippen LogP contribution in [0.25, 0.3) is 11.0 Å². The summed E-state index contributed by atoms with van der Waals surface area (Å²) in [6.45, 7) is 0.379. The van der Waals surface area contributed by atoms with E-state index in [0.717, 1.165) is 29.4 Å². The molecule has 94 valence electrons. The van der Waals surface area contributed by atoms with Gasteiger partial charge in [0, 0.05) is 24.1 Å². The minimum absolute atomic E-state index is 0.138. The van der Waals surface area contributed by atoms with Crippen LogP contribution in [0.1, 0.15) is 29.0 Å². The predicted molar refractivity (Wildman–Crippen MR) is 67.4 cm³/mol. The maximum absolute atomic E-state index is 12.1. The molecular weight excluding hydrogens is 230 g/mol. The molecule has 1 saturated carbocycles. The minimum atomic E-state index is -0.138. The smallest absolute Gasteiger partial charge is 0.287 e. The second-order valence-corrected chi connectivity index (χ2v) is 4.59. The van der Waals surface area contributed by atoms with Crippen molar-refractivity contribution in [1.82, 2.24) is 5.32 Å². The van der Waals surface area contributed by atoms with Crippen LogP contribution in [-0.4, -0.2) is 19.1 Å². The Morgan fingerprint density at radius 1 is 1.44 bits per heavy atom. The molecule has 4 nitrogen and oxygen atoms in total. The fraction of sp³-hybridized carbons (Fsp3) is 0.357. The molecule has 3 rings (SSSR count). The van der Waals surface area contributed by atoms with E-state index in [9.17, 15) is 4.79 Å². The summed E-state index contributed by atoms with van der Waals surface area (Å²) < 4.78 is 10.8. The van der Waals surface area contributed by atoms with Crippen molar-refractivity contribution < 1.29 is 13.9 Å². The van der Waals surface area contributed by atoms with Crippen LogP contribution in [0.2, 0.25) is 0 Å². The first-order chi connectivity index (χ1) is 8.79. The molecule has 0 atom stereocenters. The van der Waals surface area contributed by atoms with E-state index in [-0.39, 0.29) is 5.91 Å². The van der Waals surface area contributed by atoms with Crippen molar-refractivity contribution >= 4 is 16.9 Å². The Bertz CT molecular complexity index is 584. The largest absolute Gasteiger partial charge is 0.451 e. The van der Waals surface area contributed by atoms with Gasteiger partial charge in [-0.25, -0.2) is 0 Å². The van der Waals surface area contributed by atoms with Gasteiger partial charge in [0.1, 0.15) is 5.58 Å². The third-order valence-corrected chi connectivity index (χ3v) is 3.11. The third kappa shape index (κ3) is 1.99. The number of nitrogens with one attached hydrogen (secondary N) is 1. The second-order valence-electron chi connectivity index (χ2n) is 4.59. The average molecular weight is 245 g/mol. The summed E-state index contributed by atoms with van der Waals surface area (Å²) in [4.78, 5) is 12.1. The fourth-order valence-corrected chi connectivity index (χ4v) is 2.05. The van der Waals surface area contributed by atoms with Crippen molar-refractivity contribution in [2.24, 2.45) is 0 Å². The van der Waals surface area contributed by atoms with Crippen molar-refractivity contribution in [3.8, 4) is 0 Å². The lowest BCUT2D eigenvalue weighted by Crippen LogP contribution is -2.25. The fourth-order valence-electron chi connectivity index (χ4n) is 2.05. The number of carbonyl (C=O) groups is 1. The van der Waals surface area contributed by atoms with Crippen molar-refractivity contribution in [2.75, 3.05) is 7.11 Å². The summed E-state index contributed by atoms with van der Waals surface area (Å²) in [5.74, 6) is 0.241. The Hall–Kier alpha value is -1.81. The molecule has 4 heteroatoms. The van der Waals surface area contributed by atoms with Crippen LogP contribution in [0, 0.1) is 0 Å². The van der Waals surface area contributed by atoms with Gasteiger partial charge in [0.25, 0.3) is 5.91 Å². The summed E-state index contributed by atoms with van der Waals surface area (Å²) in [6, 6.07) is 7.95. The Balaban J connectivity index is 2.02. The molecule has 0 saturated heterocycles. The van der Waals surface area contributed by atoms with Crippen LogP contribution < -0.4 is 5.32 Å². The molecule has 1 aromatic heterocycles. The minimum Gasteiger partial charge on any atom is -0.451 e. The van der Waals surface area contributed by atoms with E-state index in [1.54, 1.807) is 7.11 Å². The molecule has 0 aliphatic heterocycles. The zero-order valence-corrected chi connectivity index (χ0v) is 10.2. The maximum Gasteiger partial charge on any atom is 0.287 e. The van der Waals surface area contributed by atoms with E-state index in [2.05, 4.69) is 5.32 Å². The Labute approximate surface area is 105 Å². The predicted octanol–water partition coefficient (Wildman–Crippen LogP) is 2.47. The highest BCUT2D eigenvalue weighted by atomic mass is 16.5. The van der Waals surface area contributed by atoms with Gasteiger partial charge >= 0.3 is 0 Å². The van der Waals surface area contributed by atoms with E-state index >= 15 is 0 Å². The zero-order chi connectivity index (χ0) is 12.5. The molecule has 1 aliphatic rings. The quantitative estimate of drug-likeness (QED) is 0.900. The number of para-hydroxylation sites is 1. The van der Waals surface area contributed by atoms with Gasteiger partial charge in [0.05, 0.1) is 6.61 Å². The molecule has 1 aromatic carbocycles. The number of fused-ring (bicyclic) bond motifs is 1. The normalized spacial score (nSPS) is 14.9. The Kier molecular flexibility index (Phi) is 2.80. The van der Waals surface area contributed by atoms with Gasteiger partial charge in [-0.05, 0) is 18.9 Å². The lowest BCUT2D eigenvalue weighted by atomic mass is 10.1. The van der Waals surface area contributed by atoms with Crippen LogP contribution in [0.3, 0.4) is 0 Å². The molecule has 1 N–H and O–H groups in total. The van der Waals surface area contributed by atoms with Gasteiger partial charge in [-0.1, -0.05) is 18.2 Å². The van der Waals surface area contributed by atoms with Gasteiger partial charge in [-0.2, -0.15) is 0 Å². The second kappa shape index (κ2) is 4.46. The Morgan fingerprint density at radius 2 is 2.22 bits per heavy atom. The molecule has 1 heterocycles. The van der Waals surface area contributed by atoms with E-state index in [4.69, 9.17) is 9.15 Å². The van der Waals surface area contributed by atoms with Crippen molar-refractivity contribution in [3.05, 3.63) is 35.6 Å². The number of hydrogen-bond donors (Lipinski definition) is 1. The topological polar surface area (TPSA) is 51.5 Å². The van der Waals surface area contributed by atoms with Gasteiger partial charge in [-0.3, -0.25) is 4.79 Å². The molecule has 1 amide bonds. The maximum atomic E-state index is 12.1. The number of benzene rings is 1. The first-order valence-corrected chi connectivity index (χ1v) is 6.10. The van der Waals surface area contributed by atoms with Gasteiger partial charge in [0.2, 0.25) is 0 Å². The highest BCUT2D eigenvalue weighted by molar-refractivity contribution is 5.99. The highest BCUT2D eigenvalue weighted by Gasteiger charge is 2.27. The van der Waals surface area contributed by atoms with Gasteiger partial charge in [0.15, 0.2) is 5.76 Å². The standard InChI is InChI=1S/C14H15NO3/c1-17-8-11-10-4-2-3-5-12(10)18-13(11)14(16)15-9-6-7-9/h2-5,9H,6-8H2,1H3,(H,15,16). The first kappa shape index (κ1) is 11.3. The van der Waals surface area contributed by atoms with Crippen LogP contribution in [0.4, 0.5) is 0 Å². The molecule has 1 aliphatic carbocycles. The number of ether oxygens (including phenoxy) is 1. The highest BCUT2D eigenvalue weighted by Crippen LogP contribution is 2.27. The van der Waals surface area contributed by atoms with E-state index < -0.39 is 0 Å². The monoisotopic (exact) mass is 245 g/mol. The molecule has 2 aromatic rings. The average Bonchev–Trinajstić information content (AvgIpc) is 3.11. The lowest BCUT2D eigenvalue weighted by Gasteiger charge is -2.03. The molecule has 0 unspecified atom stereocenters. The van der Waals surface area contributed by atoms with Gasteiger partial charge < -0.3 is 14.5 Å². The molecule has 0 radical (unpaired) electrons. The molecule has 1 fully saturated rings. The van der Waals surface area contributed by atoms with Crippen LogP contribution in [0.15, 0.2) is 28.7 Å². The van der Waals surface area contributed by atoms with Crippen molar-refractivity contribution in [1.29, 1.82) is 0 Å². The van der Waals surface area contributed by atoms with Crippen molar-refractivity contribution in [3.63, 3.8) is 0 Å². The van der Waals surface area contributed by atoms with Crippen LogP contribution >= 0.6 is 0 Å². The van der Waals surface area contributed by atoms with Crippen LogP contribution in [0.5, 0.6) is 0 Å². The summed E-state index contributed by atoms with van der Waals surface area (Å²) in [7, 11) is 1.62. The van der Waals surface area contributed by atoms with E-state index in [0.29, 0.717) is 18.4 Å². The lowest BCUT2D eigenvalue weighted by molar-refractivity contribution is 0.0919. The summed E-state index contributed by atoms with van der Waals surface area (Å²) in [5, 5.41) is 3.89. The SMILES string of the molecule is COCc1c(C(=O)NC2CC2)oc2ccccc12. The van der Waals surface area contributed by atoms with Gasteiger partial charge in [-0.15, -0.1) is 0 Å². The number of carbonyl (C=O) groups excluding carboxylic acids is 1. The number of amides is 1. The number of furan rings is 1. The molecule has 0 spiro atoms. The zero-order valence-electron chi connectivity index (χ0n) is 10.2.